The summed E-state index contributed by atoms with van der Waals surface area (Å²) < 4.78 is 6.49. The highest BCUT2D eigenvalue weighted by Gasteiger charge is 2.32. The Kier molecular flexibility index (Phi) is 7.24. The molecule has 0 aliphatic rings. The van der Waals surface area contributed by atoms with Crippen molar-refractivity contribution in [2.45, 2.75) is 18.1 Å². The van der Waals surface area contributed by atoms with Crippen LogP contribution in [0.15, 0.2) is 105 Å². The zero-order valence-corrected chi connectivity index (χ0v) is 15.7. The Labute approximate surface area is 152 Å². The molecule has 0 fully saturated rings. The zero-order valence-electron chi connectivity index (χ0n) is 14.7. The molecule has 0 saturated heterocycles. The molecule has 0 aliphatic carbocycles. The molecule has 25 heavy (non-hydrogen) atoms. The van der Waals surface area contributed by atoms with Gasteiger partial charge < -0.3 is 4.43 Å². The number of benzene rings is 2. The molecule has 1 nitrogen and oxygen atoms in total. The Hall–Kier alpha value is -2.58. The van der Waals surface area contributed by atoms with Crippen molar-refractivity contribution < 1.29 is 4.43 Å². The van der Waals surface area contributed by atoms with Gasteiger partial charge in [0.25, 0.3) is 8.32 Å². The third kappa shape index (κ3) is 5.20. The van der Waals surface area contributed by atoms with Crippen molar-refractivity contribution in [2.24, 2.45) is 0 Å². The lowest BCUT2D eigenvalue weighted by molar-refractivity contribution is 0.468. The van der Waals surface area contributed by atoms with Gasteiger partial charge in [-0.05, 0) is 29.3 Å². The monoisotopic (exact) mass is 346 g/mol. The average Bonchev–Trinajstić information content (AvgIpc) is 2.64. The van der Waals surface area contributed by atoms with Gasteiger partial charge in [0.2, 0.25) is 0 Å². The predicted octanol–water partition coefficient (Wildman–Crippen LogP) is 6.60. The second-order valence-corrected chi connectivity index (χ2v) is 9.87. The molecule has 0 bridgehead atoms. The molecular weight excluding hydrogens is 320 g/mol. The van der Waals surface area contributed by atoms with Gasteiger partial charge in [0.05, 0.1) is 6.26 Å². The molecule has 0 aliphatic heterocycles. The van der Waals surface area contributed by atoms with Crippen LogP contribution in [0.5, 0.6) is 0 Å². The van der Waals surface area contributed by atoms with Gasteiger partial charge in [0.1, 0.15) is 0 Å². The molecule has 2 heteroatoms. The standard InChI is InChI=1S/C23H26OSi/c1-4-17-25(18-5-2,19-6-3)24-20-23(21-13-9-7-10-14-21)22-15-11-8-12-16-22/h4-16,20H,1-3,17-19H2. The Morgan fingerprint density at radius 1 is 0.720 bits per heavy atom. The molecule has 128 valence electrons. The van der Waals surface area contributed by atoms with E-state index in [1.54, 1.807) is 0 Å². The first-order chi connectivity index (χ1) is 12.2. The number of allylic oxidation sites excluding steroid dienone is 3. The fourth-order valence-electron chi connectivity index (χ4n) is 2.91. The molecule has 0 spiro atoms. The van der Waals surface area contributed by atoms with Crippen LogP contribution >= 0.6 is 0 Å². The van der Waals surface area contributed by atoms with Crippen LogP contribution in [0.1, 0.15) is 11.1 Å². The van der Waals surface area contributed by atoms with E-state index in [9.17, 15) is 0 Å². The van der Waals surface area contributed by atoms with Crippen molar-refractivity contribution in [1.82, 2.24) is 0 Å². The largest absolute Gasteiger partial charge is 0.547 e. The van der Waals surface area contributed by atoms with E-state index in [2.05, 4.69) is 44.0 Å². The SMILES string of the molecule is C=CC[Si](CC=C)(CC=C)OC=C(c1ccccc1)c1ccccc1. The molecule has 0 saturated carbocycles. The van der Waals surface area contributed by atoms with Gasteiger partial charge in [0.15, 0.2) is 0 Å². The molecule has 0 radical (unpaired) electrons. The number of hydrogen-bond donors (Lipinski definition) is 0. The highest BCUT2D eigenvalue weighted by molar-refractivity contribution is 6.75. The maximum atomic E-state index is 6.49. The van der Waals surface area contributed by atoms with Crippen molar-refractivity contribution in [3.8, 4) is 0 Å². The fourth-order valence-corrected chi connectivity index (χ4v) is 5.64. The van der Waals surface area contributed by atoms with Crippen molar-refractivity contribution in [1.29, 1.82) is 0 Å². The Morgan fingerprint density at radius 3 is 1.48 bits per heavy atom. The minimum absolute atomic E-state index is 0.873. The smallest absolute Gasteiger partial charge is 0.261 e. The Morgan fingerprint density at radius 2 is 1.12 bits per heavy atom. The second-order valence-electron chi connectivity index (χ2n) is 6.04. The van der Waals surface area contributed by atoms with Crippen LogP contribution in [0.25, 0.3) is 5.57 Å². The molecule has 2 rings (SSSR count). The highest BCUT2D eigenvalue weighted by atomic mass is 28.4. The number of hydrogen-bond acceptors (Lipinski definition) is 1. The van der Waals surface area contributed by atoms with Gasteiger partial charge >= 0.3 is 0 Å². The first kappa shape index (κ1) is 18.8. The molecule has 2 aromatic rings. The summed E-state index contributed by atoms with van der Waals surface area (Å²) in [5.41, 5.74) is 3.38. The summed E-state index contributed by atoms with van der Waals surface area (Å²) in [5, 5.41) is 0. The molecule has 0 aromatic heterocycles. The van der Waals surface area contributed by atoms with E-state index in [0.717, 1.165) is 34.8 Å². The zero-order chi connectivity index (χ0) is 18.0. The van der Waals surface area contributed by atoms with Crippen LogP contribution in [0.2, 0.25) is 18.1 Å². The lowest BCUT2D eigenvalue weighted by Gasteiger charge is -2.28. The van der Waals surface area contributed by atoms with E-state index in [-0.39, 0.29) is 0 Å². The fraction of sp³-hybridized carbons (Fsp3) is 0.130. The van der Waals surface area contributed by atoms with Gasteiger partial charge in [-0.25, -0.2) is 0 Å². The van der Waals surface area contributed by atoms with E-state index in [1.807, 2.05) is 60.9 Å². The van der Waals surface area contributed by atoms with Gasteiger partial charge in [-0.3, -0.25) is 0 Å². The lowest BCUT2D eigenvalue weighted by Crippen LogP contribution is -2.34. The summed E-state index contributed by atoms with van der Waals surface area (Å²) in [6.07, 6.45) is 7.81. The lowest BCUT2D eigenvalue weighted by atomic mass is 9.99. The van der Waals surface area contributed by atoms with Crippen LogP contribution < -0.4 is 0 Å². The predicted molar refractivity (Wildman–Crippen MR) is 112 cm³/mol. The summed E-state index contributed by atoms with van der Waals surface area (Å²) in [5.74, 6) is 0. The second kappa shape index (κ2) is 9.65. The Bertz CT molecular complexity index is 648. The van der Waals surface area contributed by atoms with E-state index < -0.39 is 8.32 Å². The van der Waals surface area contributed by atoms with Crippen LogP contribution in [0.4, 0.5) is 0 Å². The van der Waals surface area contributed by atoms with E-state index in [4.69, 9.17) is 4.43 Å². The first-order valence-electron chi connectivity index (χ1n) is 8.56. The topological polar surface area (TPSA) is 9.23 Å². The van der Waals surface area contributed by atoms with Gasteiger partial charge in [-0.15, -0.1) is 19.7 Å². The van der Waals surface area contributed by atoms with Crippen LogP contribution in [0, 0.1) is 0 Å². The molecule has 2 aromatic carbocycles. The highest BCUT2D eigenvalue weighted by Crippen LogP contribution is 2.29. The van der Waals surface area contributed by atoms with Crippen molar-refractivity contribution in [3.63, 3.8) is 0 Å². The summed E-state index contributed by atoms with van der Waals surface area (Å²) in [6, 6.07) is 23.3. The molecule has 0 amide bonds. The Balaban J connectivity index is 2.43. The maximum Gasteiger partial charge on any atom is 0.261 e. The van der Waals surface area contributed by atoms with Gasteiger partial charge in [-0.2, -0.15) is 0 Å². The van der Waals surface area contributed by atoms with Gasteiger partial charge in [-0.1, -0.05) is 78.9 Å². The minimum atomic E-state index is -2.05. The van der Waals surface area contributed by atoms with Crippen LogP contribution in [-0.4, -0.2) is 8.32 Å². The third-order valence-electron chi connectivity index (χ3n) is 4.15. The summed E-state index contributed by atoms with van der Waals surface area (Å²) in [6.45, 7) is 11.8. The molecule has 0 N–H and O–H groups in total. The van der Waals surface area contributed by atoms with E-state index >= 15 is 0 Å². The van der Waals surface area contributed by atoms with E-state index in [1.165, 1.54) is 0 Å². The summed E-state index contributed by atoms with van der Waals surface area (Å²) in [7, 11) is -2.05. The molecule has 0 unspecified atom stereocenters. The van der Waals surface area contributed by atoms with Gasteiger partial charge in [0, 0.05) is 5.57 Å². The molecule has 0 heterocycles. The van der Waals surface area contributed by atoms with E-state index in [0.29, 0.717) is 0 Å². The quantitative estimate of drug-likeness (QED) is 0.268. The molecule has 0 atom stereocenters. The minimum Gasteiger partial charge on any atom is -0.547 e. The van der Waals surface area contributed by atoms with Crippen LogP contribution in [-0.2, 0) is 4.43 Å². The average molecular weight is 347 g/mol. The molecular formula is C23H26OSi. The summed E-state index contributed by atoms with van der Waals surface area (Å²) in [4.78, 5) is 0. The summed E-state index contributed by atoms with van der Waals surface area (Å²) >= 11 is 0. The maximum absolute atomic E-state index is 6.49. The van der Waals surface area contributed by atoms with Crippen molar-refractivity contribution >= 4 is 13.9 Å². The first-order valence-corrected chi connectivity index (χ1v) is 11.1. The van der Waals surface area contributed by atoms with Crippen molar-refractivity contribution in [3.05, 3.63) is 116 Å². The van der Waals surface area contributed by atoms with Crippen LogP contribution in [0.3, 0.4) is 0 Å². The normalized spacial score (nSPS) is 10.6. The third-order valence-corrected chi connectivity index (χ3v) is 7.86. The van der Waals surface area contributed by atoms with Crippen molar-refractivity contribution in [2.75, 3.05) is 0 Å². The number of rotatable bonds is 10.